The van der Waals surface area contributed by atoms with Crippen molar-refractivity contribution in [1.29, 1.82) is 0 Å². The molecule has 0 fully saturated rings. The van der Waals surface area contributed by atoms with Crippen molar-refractivity contribution >= 4 is 64.0 Å². The number of carbonyl (C=O) groups is 3. The molecular weight excluding hydrogens is 579 g/mol. The summed E-state index contributed by atoms with van der Waals surface area (Å²) in [6, 6.07) is 16.2. The Balaban J connectivity index is 2.17. The Labute approximate surface area is 247 Å². The maximum absolute atomic E-state index is 13.7. The molecule has 3 rings (SSSR count). The molecule has 1 amide bonds. The minimum atomic E-state index is -2.14. The maximum Gasteiger partial charge on any atom is 0.345 e. The van der Waals surface area contributed by atoms with Gasteiger partial charge in [0.1, 0.15) is 0 Å². The highest BCUT2D eigenvalue weighted by Crippen LogP contribution is 2.40. The summed E-state index contributed by atoms with van der Waals surface area (Å²) < 4.78 is 16.9. The lowest BCUT2D eigenvalue weighted by molar-refractivity contribution is -0.183. The number of anilines is 2. The second-order valence-electron chi connectivity index (χ2n) is 8.37. The topological polar surface area (TPSA) is 103 Å². The van der Waals surface area contributed by atoms with Crippen LogP contribution in [0.2, 0.25) is 15.1 Å². The molecule has 0 saturated carbocycles. The number of hydrogen-bond donors (Lipinski definition) is 2. The van der Waals surface area contributed by atoms with Gasteiger partial charge < -0.3 is 24.8 Å². The molecule has 0 heterocycles. The van der Waals surface area contributed by atoms with Crippen LogP contribution in [0.4, 0.5) is 11.4 Å². The first-order valence-electron chi connectivity index (χ1n) is 12.0. The summed E-state index contributed by atoms with van der Waals surface area (Å²) in [5.74, 6) is -2.10. The highest BCUT2D eigenvalue weighted by molar-refractivity contribution is 6.35. The van der Waals surface area contributed by atoms with E-state index in [4.69, 9.17) is 49.0 Å². The molecule has 0 aliphatic heterocycles. The average Bonchev–Trinajstić information content (AvgIpc) is 2.94. The summed E-state index contributed by atoms with van der Waals surface area (Å²) in [6.45, 7) is 4.95. The van der Waals surface area contributed by atoms with Crippen LogP contribution in [0.1, 0.15) is 18.1 Å². The fraction of sp³-hybridized carbons (Fsp3) is 0.207. The molecule has 8 nitrogen and oxygen atoms in total. The zero-order valence-corrected chi connectivity index (χ0v) is 24.0. The summed E-state index contributed by atoms with van der Waals surface area (Å²) in [7, 11) is 1.17. The molecular formula is C29H27Cl3N2O6. The fourth-order valence-corrected chi connectivity index (χ4v) is 4.56. The highest BCUT2D eigenvalue weighted by atomic mass is 35.5. The van der Waals surface area contributed by atoms with Crippen molar-refractivity contribution in [3.8, 4) is 0 Å². The van der Waals surface area contributed by atoms with Gasteiger partial charge in [0.15, 0.2) is 6.04 Å². The molecule has 3 aromatic rings. The van der Waals surface area contributed by atoms with Gasteiger partial charge in [-0.25, -0.2) is 9.59 Å². The summed E-state index contributed by atoms with van der Waals surface area (Å²) in [6.07, 6.45) is 1.14. The third kappa shape index (κ3) is 7.34. The number of amides is 1. The van der Waals surface area contributed by atoms with E-state index in [1.807, 2.05) is 0 Å². The monoisotopic (exact) mass is 604 g/mol. The van der Waals surface area contributed by atoms with E-state index in [0.717, 1.165) is 6.08 Å². The van der Waals surface area contributed by atoms with Crippen molar-refractivity contribution in [2.24, 2.45) is 0 Å². The first-order chi connectivity index (χ1) is 19.1. The number of carbonyl (C=O) groups excluding carboxylic acids is 3. The molecule has 2 unspecified atom stereocenters. The van der Waals surface area contributed by atoms with Crippen molar-refractivity contribution in [3.63, 3.8) is 0 Å². The molecule has 0 aliphatic rings. The predicted molar refractivity (Wildman–Crippen MR) is 156 cm³/mol. The van der Waals surface area contributed by atoms with Gasteiger partial charge in [0.2, 0.25) is 11.5 Å². The van der Waals surface area contributed by atoms with Crippen molar-refractivity contribution < 1.29 is 28.6 Å². The Bertz CT molecular complexity index is 1370. The van der Waals surface area contributed by atoms with Crippen LogP contribution >= 0.6 is 34.8 Å². The van der Waals surface area contributed by atoms with Crippen LogP contribution in [0, 0.1) is 0 Å². The number of hydrogen-bond acceptors (Lipinski definition) is 7. The first-order valence-corrected chi connectivity index (χ1v) is 13.2. The average molecular weight is 606 g/mol. The quantitative estimate of drug-likeness (QED) is 0.182. The fourth-order valence-electron chi connectivity index (χ4n) is 3.89. The van der Waals surface area contributed by atoms with Crippen LogP contribution in [-0.4, -0.2) is 37.6 Å². The Morgan fingerprint density at radius 3 is 2.15 bits per heavy atom. The molecule has 0 radical (unpaired) electrons. The molecule has 3 aromatic carbocycles. The smallest absolute Gasteiger partial charge is 0.345 e. The molecule has 0 spiro atoms. The Morgan fingerprint density at radius 1 is 0.950 bits per heavy atom. The van der Waals surface area contributed by atoms with Crippen LogP contribution in [0.3, 0.4) is 0 Å². The van der Waals surface area contributed by atoms with E-state index < -0.39 is 23.6 Å². The molecule has 0 aliphatic carbocycles. The summed E-state index contributed by atoms with van der Waals surface area (Å²) in [5.41, 5.74) is -0.462. The number of esters is 2. The van der Waals surface area contributed by atoms with Gasteiger partial charge in [0.05, 0.1) is 20.3 Å². The van der Waals surface area contributed by atoms with Crippen LogP contribution in [0.15, 0.2) is 79.4 Å². The zero-order chi connectivity index (χ0) is 29.3. The van der Waals surface area contributed by atoms with Crippen molar-refractivity contribution in [3.05, 3.63) is 106 Å². The maximum atomic E-state index is 13.7. The Morgan fingerprint density at radius 2 is 1.57 bits per heavy atom. The van der Waals surface area contributed by atoms with Gasteiger partial charge in [0.25, 0.3) is 0 Å². The van der Waals surface area contributed by atoms with Crippen molar-refractivity contribution in [1.82, 2.24) is 0 Å². The first kappa shape index (κ1) is 31.0. The van der Waals surface area contributed by atoms with Gasteiger partial charge in [-0.1, -0.05) is 59.6 Å². The largest absolute Gasteiger partial charge is 0.467 e. The lowest BCUT2D eigenvalue weighted by Gasteiger charge is -2.38. The second kappa shape index (κ2) is 14.2. The van der Waals surface area contributed by atoms with Gasteiger partial charge >= 0.3 is 11.9 Å². The second-order valence-corrected chi connectivity index (χ2v) is 9.65. The molecule has 0 bridgehead atoms. The van der Waals surface area contributed by atoms with E-state index in [1.165, 1.54) is 25.3 Å². The lowest BCUT2D eigenvalue weighted by atomic mass is 9.85. The standard InChI is InChI=1S/C29H27Cl3N2O6/c1-4-25(35)33-21-11-13-22(14-12-21)34-26(27(36)39-5-2)29(28(37)38-3,23-15-10-20(31)16-24(23)32)40-17-18-6-8-19(30)9-7-18/h4,6-16,26,34H,1,5,17H2,2-3H3,(H,33,35). The van der Waals surface area contributed by atoms with E-state index >= 15 is 0 Å². The minimum Gasteiger partial charge on any atom is -0.467 e. The lowest BCUT2D eigenvalue weighted by Crippen LogP contribution is -2.57. The Hall–Kier alpha value is -3.56. The molecule has 210 valence electrons. The molecule has 2 N–H and O–H groups in total. The van der Waals surface area contributed by atoms with Gasteiger partial charge in [0, 0.05) is 32.0 Å². The molecule has 2 atom stereocenters. The minimum absolute atomic E-state index is 0.0202. The van der Waals surface area contributed by atoms with Crippen molar-refractivity contribution in [2.45, 2.75) is 25.2 Å². The molecule has 40 heavy (non-hydrogen) atoms. The highest BCUT2D eigenvalue weighted by Gasteiger charge is 2.55. The van der Waals surface area contributed by atoms with E-state index in [0.29, 0.717) is 27.0 Å². The summed E-state index contributed by atoms with van der Waals surface area (Å²) in [5, 5.41) is 6.58. The SMILES string of the molecule is C=CC(=O)Nc1ccc(NC(C(=O)OCC)C(OCc2ccc(Cl)cc2)(C(=O)OC)c2ccc(Cl)cc2Cl)cc1. The number of halogens is 3. The number of benzene rings is 3. The van der Waals surface area contributed by atoms with Crippen molar-refractivity contribution in [2.75, 3.05) is 24.4 Å². The zero-order valence-electron chi connectivity index (χ0n) is 21.7. The Kier molecular flexibility index (Phi) is 11.0. The van der Waals surface area contributed by atoms with Crippen LogP contribution < -0.4 is 10.6 Å². The van der Waals surface area contributed by atoms with Crippen LogP contribution in [-0.2, 0) is 40.8 Å². The predicted octanol–water partition coefficient (Wildman–Crippen LogP) is 6.40. The molecule has 0 aromatic heterocycles. The number of rotatable bonds is 12. The molecule has 0 saturated heterocycles. The van der Waals surface area contributed by atoms with Crippen LogP contribution in [0.25, 0.3) is 0 Å². The normalized spacial score (nSPS) is 12.9. The van der Waals surface area contributed by atoms with Gasteiger partial charge in [-0.2, -0.15) is 0 Å². The summed E-state index contributed by atoms with van der Waals surface area (Å²) >= 11 is 18.8. The number of ether oxygens (including phenoxy) is 3. The summed E-state index contributed by atoms with van der Waals surface area (Å²) in [4.78, 5) is 38.9. The van der Waals surface area contributed by atoms with Gasteiger partial charge in [-0.15, -0.1) is 0 Å². The van der Waals surface area contributed by atoms with E-state index in [9.17, 15) is 14.4 Å². The number of methoxy groups -OCH3 is 1. The molecule has 11 heteroatoms. The number of nitrogens with one attached hydrogen (secondary N) is 2. The van der Waals surface area contributed by atoms with Gasteiger partial charge in [-0.3, -0.25) is 4.79 Å². The van der Waals surface area contributed by atoms with E-state index in [2.05, 4.69) is 17.2 Å². The van der Waals surface area contributed by atoms with E-state index in [1.54, 1.807) is 55.5 Å². The van der Waals surface area contributed by atoms with E-state index in [-0.39, 0.29) is 29.7 Å². The van der Waals surface area contributed by atoms with Gasteiger partial charge in [-0.05, 0) is 67.1 Å². The van der Waals surface area contributed by atoms with Crippen LogP contribution in [0.5, 0.6) is 0 Å². The third-order valence-electron chi connectivity index (χ3n) is 5.78. The third-order valence-corrected chi connectivity index (χ3v) is 6.58.